The van der Waals surface area contributed by atoms with Gasteiger partial charge in [-0.1, -0.05) is 39.3 Å². The van der Waals surface area contributed by atoms with Crippen molar-refractivity contribution in [1.82, 2.24) is 0 Å². The Bertz CT molecular complexity index is 1330. The molecule has 51 heavy (non-hydrogen) atoms. The standard InChI is InChI=1S/C38H60O13/c1-16-14-47-38(13-24(16)40)17(2)28-26(51-38)12-23-21-7-6-19-10-20(39)11-27(37(19,5)22(21)8-9-36(23,28)4)49-35-33(30(43)25(41)15-46-35)50-34-32(45)31(44)29(42)18(3)48-34/h6,16-18,20-35,39-45H,7-15H2,1-5H3/t16?,17-,18?,20+,21?,22?,23?,24?,25?,26?,27+,28?,29?,30?,31?,32?,33?,34-,35?,36-,37-,38+/m0/s1. The van der Waals surface area contributed by atoms with E-state index in [0.29, 0.717) is 43.6 Å². The van der Waals surface area contributed by atoms with Crippen molar-refractivity contribution >= 4 is 0 Å². The predicted octanol–water partition coefficient (Wildman–Crippen LogP) is 0.971. The van der Waals surface area contributed by atoms with Gasteiger partial charge in [0.15, 0.2) is 18.4 Å². The van der Waals surface area contributed by atoms with Crippen LogP contribution >= 0.6 is 0 Å². The molecule has 4 aliphatic heterocycles. The van der Waals surface area contributed by atoms with Crippen LogP contribution in [0.1, 0.15) is 79.6 Å². The zero-order chi connectivity index (χ0) is 36.4. The zero-order valence-electron chi connectivity index (χ0n) is 30.5. The minimum atomic E-state index is -1.62. The van der Waals surface area contributed by atoms with Crippen LogP contribution in [0.5, 0.6) is 0 Å². The third-order valence-electron chi connectivity index (χ3n) is 15.4. The van der Waals surface area contributed by atoms with Gasteiger partial charge in [-0.05, 0) is 68.1 Å². The summed E-state index contributed by atoms with van der Waals surface area (Å²) in [6.07, 6.45) is -5.94. The minimum absolute atomic E-state index is 0.0418. The topological polar surface area (TPSA) is 197 Å². The first kappa shape index (κ1) is 37.2. The number of fused-ring (bicyclic) bond motifs is 7. The van der Waals surface area contributed by atoms with E-state index in [4.69, 9.17) is 28.4 Å². The molecule has 4 heterocycles. The van der Waals surface area contributed by atoms with E-state index in [2.05, 4.69) is 26.8 Å². The second kappa shape index (κ2) is 13.2. The van der Waals surface area contributed by atoms with Crippen LogP contribution in [-0.4, -0.2) is 134 Å². The molecule has 8 rings (SSSR count). The Balaban J connectivity index is 1.04. The van der Waals surface area contributed by atoms with Crippen LogP contribution < -0.4 is 0 Å². The molecule has 15 unspecified atom stereocenters. The van der Waals surface area contributed by atoms with E-state index in [1.165, 1.54) is 12.5 Å². The van der Waals surface area contributed by atoms with Gasteiger partial charge in [-0.2, -0.15) is 0 Å². The van der Waals surface area contributed by atoms with E-state index in [0.717, 1.165) is 25.7 Å². The summed E-state index contributed by atoms with van der Waals surface area (Å²) in [5.41, 5.74) is 0.759. The molecular formula is C38H60O13. The van der Waals surface area contributed by atoms with E-state index in [1.807, 2.05) is 6.92 Å². The second-order valence-corrected chi connectivity index (χ2v) is 18.0. The van der Waals surface area contributed by atoms with Crippen molar-refractivity contribution in [1.29, 1.82) is 0 Å². The van der Waals surface area contributed by atoms with E-state index >= 15 is 0 Å². The maximum absolute atomic E-state index is 11.1. The Morgan fingerprint density at radius 2 is 1.59 bits per heavy atom. The minimum Gasteiger partial charge on any atom is -0.393 e. The highest BCUT2D eigenvalue weighted by atomic mass is 16.8. The second-order valence-electron chi connectivity index (χ2n) is 18.0. The third-order valence-corrected chi connectivity index (χ3v) is 15.4. The van der Waals surface area contributed by atoms with Crippen molar-refractivity contribution in [3.05, 3.63) is 11.6 Å². The summed E-state index contributed by atoms with van der Waals surface area (Å²) in [6.45, 7) is 10.8. The van der Waals surface area contributed by atoms with Crippen LogP contribution in [-0.2, 0) is 28.4 Å². The fraction of sp³-hybridized carbons (Fsp3) is 0.947. The number of rotatable bonds is 4. The van der Waals surface area contributed by atoms with Crippen LogP contribution in [0.4, 0.5) is 0 Å². The van der Waals surface area contributed by atoms with Crippen LogP contribution in [0.25, 0.3) is 0 Å². The van der Waals surface area contributed by atoms with Gasteiger partial charge in [-0.3, -0.25) is 0 Å². The molecule has 22 atom stereocenters. The number of hydrogen-bond acceptors (Lipinski definition) is 13. The lowest BCUT2D eigenvalue weighted by atomic mass is 9.46. The molecule has 0 aromatic carbocycles. The Morgan fingerprint density at radius 3 is 2.33 bits per heavy atom. The first-order valence-electron chi connectivity index (χ1n) is 19.4. The largest absolute Gasteiger partial charge is 0.393 e. The van der Waals surface area contributed by atoms with Crippen LogP contribution in [0, 0.1) is 46.3 Å². The predicted molar refractivity (Wildman–Crippen MR) is 178 cm³/mol. The molecule has 290 valence electrons. The number of aliphatic hydroxyl groups excluding tert-OH is 7. The van der Waals surface area contributed by atoms with Crippen molar-refractivity contribution in [2.75, 3.05) is 13.2 Å². The van der Waals surface area contributed by atoms with Gasteiger partial charge in [0.05, 0.1) is 43.7 Å². The van der Waals surface area contributed by atoms with Gasteiger partial charge in [-0.15, -0.1) is 0 Å². The monoisotopic (exact) mass is 724 g/mol. The van der Waals surface area contributed by atoms with Gasteiger partial charge in [0, 0.05) is 30.1 Å². The summed E-state index contributed by atoms with van der Waals surface area (Å²) in [6, 6.07) is 0. The maximum atomic E-state index is 11.1. The zero-order valence-corrected chi connectivity index (χ0v) is 30.5. The Kier molecular flexibility index (Phi) is 9.60. The molecule has 4 aliphatic carbocycles. The van der Waals surface area contributed by atoms with Gasteiger partial charge in [-0.25, -0.2) is 0 Å². The normalized spacial score (nSPS) is 59.8. The van der Waals surface area contributed by atoms with Gasteiger partial charge < -0.3 is 64.2 Å². The fourth-order valence-corrected chi connectivity index (χ4v) is 12.4. The van der Waals surface area contributed by atoms with Crippen molar-refractivity contribution in [2.45, 2.75) is 165 Å². The molecule has 7 N–H and O–H groups in total. The molecule has 7 fully saturated rings. The lowest BCUT2D eigenvalue weighted by Crippen LogP contribution is -2.63. The molecule has 8 aliphatic rings. The third kappa shape index (κ3) is 5.66. The number of hydrogen-bond donors (Lipinski definition) is 7. The van der Waals surface area contributed by atoms with Crippen LogP contribution in [0.15, 0.2) is 11.6 Å². The van der Waals surface area contributed by atoms with Gasteiger partial charge in [0.2, 0.25) is 0 Å². The Hall–Kier alpha value is -0.780. The molecule has 0 radical (unpaired) electrons. The van der Waals surface area contributed by atoms with Crippen molar-refractivity contribution in [2.24, 2.45) is 46.3 Å². The van der Waals surface area contributed by atoms with Crippen molar-refractivity contribution < 1.29 is 64.2 Å². The molecule has 1 spiro atoms. The average molecular weight is 725 g/mol. The molecule has 0 bridgehead atoms. The SMILES string of the molecule is CC1CO[C@]2(CC1O)OC1CC3C4CC=C5C[C@@H](O)C[C@@H](OC6OCC(O)C(O)C6O[C@@H]6OC(C)C(O)C(O)C6O)[C@]5(C)C4CC[C@]3(C)C1[C@@H]2C. The van der Waals surface area contributed by atoms with Crippen molar-refractivity contribution in [3.63, 3.8) is 0 Å². The highest BCUT2D eigenvalue weighted by molar-refractivity contribution is 5.29. The Morgan fingerprint density at radius 1 is 0.824 bits per heavy atom. The highest BCUT2D eigenvalue weighted by Crippen LogP contribution is 2.71. The fourth-order valence-electron chi connectivity index (χ4n) is 12.4. The molecule has 3 saturated carbocycles. The molecule has 13 heteroatoms. The quantitative estimate of drug-likeness (QED) is 0.203. The maximum Gasteiger partial charge on any atom is 0.187 e. The van der Waals surface area contributed by atoms with E-state index in [9.17, 15) is 35.7 Å². The summed E-state index contributed by atoms with van der Waals surface area (Å²) in [5, 5.41) is 75.0. The molecule has 4 saturated heterocycles. The van der Waals surface area contributed by atoms with Gasteiger partial charge in [0.25, 0.3) is 0 Å². The van der Waals surface area contributed by atoms with Gasteiger partial charge in [0.1, 0.15) is 36.6 Å². The molecular weight excluding hydrogens is 664 g/mol. The smallest absolute Gasteiger partial charge is 0.187 e. The summed E-state index contributed by atoms with van der Waals surface area (Å²) in [7, 11) is 0. The average Bonchev–Trinajstić information content (AvgIpc) is 3.53. The van der Waals surface area contributed by atoms with E-state index in [-0.39, 0.29) is 35.9 Å². The summed E-state index contributed by atoms with van der Waals surface area (Å²) in [5.74, 6) is 0.859. The Labute approximate surface area is 300 Å². The van der Waals surface area contributed by atoms with Crippen molar-refractivity contribution in [3.8, 4) is 0 Å². The number of ether oxygens (including phenoxy) is 6. The highest BCUT2D eigenvalue weighted by Gasteiger charge is 2.70. The van der Waals surface area contributed by atoms with Gasteiger partial charge >= 0.3 is 0 Å². The number of allylic oxidation sites excluding steroid dienone is 1. The lowest BCUT2D eigenvalue weighted by molar-refractivity contribution is -0.362. The molecule has 0 aromatic heterocycles. The van der Waals surface area contributed by atoms with E-state index in [1.54, 1.807) is 0 Å². The first-order chi connectivity index (χ1) is 24.1. The van der Waals surface area contributed by atoms with Crippen LogP contribution in [0.3, 0.4) is 0 Å². The summed E-state index contributed by atoms with van der Waals surface area (Å²) < 4.78 is 37.8. The molecule has 0 amide bonds. The van der Waals surface area contributed by atoms with E-state index < -0.39 is 84.8 Å². The molecule has 13 nitrogen and oxygen atoms in total. The molecule has 0 aromatic rings. The first-order valence-corrected chi connectivity index (χ1v) is 19.4. The number of aliphatic hydroxyl groups is 7. The van der Waals surface area contributed by atoms with Crippen LogP contribution in [0.2, 0.25) is 0 Å². The summed E-state index contributed by atoms with van der Waals surface area (Å²) >= 11 is 0. The lowest BCUT2D eigenvalue weighted by Gasteiger charge is -2.60. The summed E-state index contributed by atoms with van der Waals surface area (Å²) in [4.78, 5) is 0.